The second-order valence-electron chi connectivity index (χ2n) is 6.05. The monoisotopic (exact) mass is 326 g/mol. The van der Waals surface area contributed by atoms with E-state index in [9.17, 15) is 9.59 Å². The molecule has 0 saturated carbocycles. The Bertz CT molecular complexity index is 716. The van der Waals surface area contributed by atoms with E-state index < -0.39 is 0 Å². The van der Waals surface area contributed by atoms with Crippen LogP contribution in [-0.4, -0.2) is 39.6 Å². The third-order valence-corrected chi connectivity index (χ3v) is 4.13. The van der Waals surface area contributed by atoms with E-state index >= 15 is 0 Å². The van der Waals surface area contributed by atoms with Gasteiger partial charge in [-0.2, -0.15) is 5.10 Å². The van der Waals surface area contributed by atoms with Crippen LogP contribution in [0.5, 0.6) is 0 Å². The van der Waals surface area contributed by atoms with Gasteiger partial charge in [0, 0.05) is 26.1 Å². The number of carbonyl (C=O) groups is 2. The first-order valence-electron chi connectivity index (χ1n) is 8.37. The molecule has 1 fully saturated rings. The Morgan fingerprint density at radius 3 is 2.33 bits per heavy atom. The zero-order valence-corrected chi connectivity index (χ0v) is 13.9. The molecule has 1 saturated heterocycles. The number of likely N-dealkylation sites (tertiary alicyclic amines) is 1. The summed E-state index contributed by atoms with van der Waals surface area (Å²) in [5.74, 6) is 0.242. The van der Waals surface area contributed by atoms with Crippen molar-refractivity contribution in [2.24, 2.45) is 0 Å². The van der Waals surface area contributed by atoms with Gasteiger partial charge in [-0.05, 0) is 25.0 Å². The van der Waals surface area contributed by atoms with Crippen LogP contribution in [0.25, 0.3) is 5.69 Å². The van der Waals surface area contributed by atoms with Gasteiger partial charge in [-0.3, -0.25) is 9.59 Å². The summed E-state index contributed by atoms with van der Waals surface area (Å²) >= 11 is 0. The number of hydrogen-bond donors (Lipinski definition) is 1. The van der Waals surface area contributed by atoms with Crippen LogP contribution in [0.3, 0.4) is 0 Å². The zero-order valence-electron chi connectivity index (χ0n) is 13.9. The van der Waals surface area contributed by atoms with Gasteiger partial charge in [0.1, 0.15) is 5.82 Å². The number of nitrogens with zero attached hydrogens (tertiary/aromatic N) is 3. The number of aromatic nitrogens is 2. The van der Waals surface area contributed by atoms with Crippen LogP contribution in [0, 0.1) is 0 Å². The first-order valence-corrected chi connectivity index (χ1v) is 8.37. The van der Waals surface area contributed by atoms with Crippen molar-refractivity contribution >= 4 is 17.6 Å². The van der Waals surface area contributed by atoms with Crippen molar-refractivity contribution in [3.8, 4) is 5.69 Å². The molecule has 3 rings (SSSR count). The molecule has 2 amide bonds. The minimum absolute atomic E-state index is 0.0711. The van der Waals surface area contributed by atoms with Gasteiger partial charge >= 0.3 is 0 Å². The van der Waals surface area contributed by atoms with Gasteiger partial charge in [0.05, 0.1) is 5.69 Å². The predicted octanol–water partition coefficient (Wildman–Crippen LogP) is 2.85. The number of benzene rings is 1. The van der Waals surface area contributed by atoms with Gasteiger partial charge in [0.15, 0.2) is 5.69 Å². The number of para-hydroxylation sites is 1. The summed E-state index contributed by atoms with van der Waals surface area (Å²) in [4.78, 5) is 26.1. The minimum atomic E-state index is -0.194. The normalized spacial score (nSPS) is 15.0. The number of amides is 2. The first-order chi connectivity index (χ1) is 11.6. The Hall–Kier alpha value is -2.63. The fraction of sp³-hybridized carbons (Fsp3) is 0.389. The molecule has 126 valence electrons. The van der Waals surface area contributed by atoms with Gasteiger partial charge in [-0.15, -0.1) is 0 Å². The van der Waals surface area contributed by atoms with Crippen LogP contribution < -0.4 is 5.32 Å². The summed E-state index contributed by atoms with van der Waals surface area (Å²) in [5, 5.41) is 7.20. The Kier molecular flexibility index (Phi) is 4.93. The molecule has 2 aromatic rings. The van der Waals surface area contributed by atoms with Crippen LogP contribution in [0.15, 0.2) is 36.4 Å². The van der Waals surface area contributed by atoms with E-state index in [0.717, 1.165) is 31.6 Å². The van der Waals surface area contributed by atoms with Crippen molar-refractivity contribution < 1.29 is 9.59 Å². The standard InChI is InChI=1S/C18H22N4O2/c1-14(23)19-17-13-16(18(24)21-11-7-2-3-8-12-21)20-22(17)15-9-5-4-6-10-15/h4-6,9-10,13H,2-3,7-8,11-12H2,1H3,(H,19,23). The number of nitrogens with one attached hydrogen (secondary N) is 1. The van der Waals surface area contributed by atoms with Crippen molar-refractivity contribution in [2.45, 2.75) is 32.6 Å². The quantitative estimate of drug-likeness (QED) is 0.943. The van der Waals surface area contributed by atoms with E-state index in [-0.39, 0.29) is 11.8 Å². The second kappa shape index (κ2) is 7.29. The molecule has 24 heavy (non-hydrogen) atoms. The van der Waals surface area contributed by atoms with E-state index in [4.69, 9.17) is 0 Å². The Balaban J connectivity index is 1.92. The topological polar surface area (TPSA) is 67.2 Å². The molecule has 1 aliphatic heterocycles. The highest BCUT2D eigenvalue weighted by atomic mass is 16.2. The molecular weight excluding hydrogens is 304 g/mol. The molecule has 1 aromatic carbocycles. The number of rotatable bonds is 3. The van der Waals surface area contributed by atoms with Crippen LogP contribution in [-0.2, 0) is 4.79 Å². The molecule has 1 aliphatic rings. The van der Waals surface area contributed by atoms with Gasteiger partial charge in [0.2, 0.25) is 5.91 Å². The highest BCUT2D eigenvalue weighted by molar-refractivity contribution is 5.95. The smallest absolute Gasteiger partial charge is 0.274 e. The molecule has 0 aliphatic carbocycles. The van der Waals surface area contributed by atoms with Crippen molar-refractivity contribution in [1.29, 1.82) is 0 Å². The zero-order chi connectivity index (χ0) is 16.9. The lowest BCUT2D eigenvalue weighted by molar-refractivity contribution is -0.114. The van der Waals surface area contributed by atoms with E-state index in [1.165, 1.54) is 19.8 Å². The summed E-state index contributed by atoms with van der Waals surface area (Å²) in [5.41, 5.74) is 1.17. The largest absolute Gasteiger partial charge is 0.337 e. The fourth-order valence-corrected chi connectivity index (χ4v) is 2.96. The Morgan fingerprint density at radius 1 is 1.04 bits per heavy atom. The minimum Gasteiger partial charge on any atom is -0.337 e. The van der Waals surface area contributed by atoms with E-state index in [2.05, 4.69) is 10.4 Å². The lowest BCUT2D eigenvalue weighted by Crippen LogP contribution is -2.32. The predicted molar refractivity (Wildman–Crippen MR) is 92.2 cm³/mol. The van der Waals surface area contributed by atoms with E-state index in [1.807, 2.05) is 35.2 Å². The maximum Gasteiger partial charge on any atom is 0.274 e. The Labute approximate surface area is 141 Å². The number of carbonyl (C=O) groups excluding carboxylic acids is 2. The molecule has 0 spiro atoms. The highest BCUT2D eigenvalue weighted by Crippen LogP contribution is 2.20. The molecule has 6 heteroatoms. The summed E-state index contributed by atoms with van der Waals surface area (Å²) in [6.07, 6.45) is 4.39. The van der Waals surface area contributed by atoms with Crippen molar-refractivity contribution in [3.05, 3.63) is 42.1 Å². The van der Waals surface area contributed by atoms with Crippen molar-refractivity contribution in [1.82, 2.24) is 14.7 Å². The van der Waals surface area contributed by atoms with Crippen LogP contribution >= 0.6 is 0 Å². The molecule has 2 heterocycles. The third kappa shape index (κ3) is 3.64. The SMILES string of the molecule is CC(=O)Nc1cc(C(=O)N2CCCCCC2)nn1-c1ccccc1. The van der Waals surface area contributed by atoms with Gasteiger partial charge in [-0.1, -0.05) is 31.0 Å². The summed E-state index contributed by atoms with van der Waals surface area (Å²) in [6.45, 7) is 2.98. The number of hydrogen-bond acceptors (Lipinski definition) is 3. The molecule has 1 aromatic heterocycles. The Morgan fingerprint density at radius 2 is 1.71 bits per heavy atom. The number of anilines is 1. The molecule has 0 radical (unpaired) electrons. The molecular formula is C18H22N4O2. The van der Waals surface area contributed by atoms with Crippen molar-refractivity contribution in [2.75, 3.05) is 18.4 Å². The summed E-state index contributed by atoms with van der Waals surface area (Å²) < 4.78 is 1.60. The van der Waals surface area contributed by atoms with Gasteiger partial charge < -0.3 is 10.2 Å². The van der Waals surface area contributed by atoms with Crippen LogP contribution in [0.4, 0.5) is 5.82 Å². The second-order valence-corrected chi connectivity index (χ2v) is 6.05. The van der Waals surface area contributed by atoms with E-state index in [0.29, 0.717) is 11.5 Å². The molecule has 6 nitrogen and oxygen atoms in total. The lowest BCUT2D eigenvalue weighted by atomic mass is 10.2. The molecule has 0 atom stereocenters. The highest BCUT2D eigenvalue weighted by Gasteiger charge is 2.22. The maximum atomic E-state index is 12.8. The van der Waals surface area contributed by atoms with Gasteiger partial charge in [0.25, 0.3) is 5.91 Å². The fourth-order valence-electron chi connectivity index (χ4n) is 2.96. The third-order valence-electron chi connectivity index (χ3n) is 4.13. The molecule has 1 N–H and O–H groups in total. The average Bonchev–Trinajstić information content (AvgIpc) is 2.81. The van der Waals surface area contributed by atoms with Gasteiger partial charge in [-0.25, -0.2) is 4.68 Å². The molecule has 0 bridgehead atoms. The summed E-state index contributed by atoms with van der Waals surface area (Å²) in [6, 6.07) is 11.1. The molecule has 0 unspecified atom stereocenters. The van der Waals surface area contributed by atoms with Crippen LogP contribution in [0.1, 0.15) is 43.1 Å². The first kappa shape index (κ1) is 16.2. The summed E-state index contributed by atoms with van der Waals surface area (Å²) in [7, 11) is 0. The van der Waals surface area contributed by atoms with Crippen molar-refractivity contribution in [3.63, 3.8) is 0 Å². The van der Waals surface area contributed by atoms with Crippen LogP contribution in [0.2, 0.25) is 0 Å². The lowest BCUT2D eigenvalue weighted by Gasteiger charge is -2.18. The van der Waals surface area contributed by atoms with E-state index in [1.54, 1.807) is 10.7 Å². The maximum absolute atomic E-state index is 12.8. The average molecular weight is 326 g/mol.